The average Bonchev–Trinajstić information content (AvgIpc) is 2.71. The van der Waals surface area contributed by atoms with E-state index in [1.165, 1.54) is 6.07 Å². The molecule has 30 heavy (non-hydrogen) atoms. The molecule has 0 heterocycles. The number of nitrogens with two attached hydrogens (primary N) is 1. The van der Waals surface area contributed by atoms with Gasteiger partial charge in [0.05, 0.1) is 10.0 Å². The second kappa shape index (κ2) is 7.91. The second-order valence-electron chi connectivity index (χ2n) is 7.42. The van der Waals surface area contributed by atoms with Gasteiger partial charge in [-0.05, 0) is 54.3 Å². The minimum absolute atomic E-state index is 0.114. The molecular formula is C23H18Cl2FNO3. The first-order chi connectivity index (χ1) is 14.3. The minimum atomic E-state index is -1.28. The number of halogens is 3. The SMILES string of the molecule is NC1(C(=O)O)CCc2ccc(Oc3ccccc3-c3cc(F)cc(Cl)c3Cl)cc2C1. The summed E-state index contributed by atoms with van der Waals surface area (Å²) in [6, 6.07) is 15.1. The van der Waals surface area contributed by atoms with Gasteiger partial charge in [-0.2, -0.15) is 0 Å². The first-order valence-electron chi connectivity index (χ1n) is 9.33. The fourth-order valence-corrected chi connectivity index (χ4v) is 4.12. The highest BCUT2D eigenvalue weighted by Crippen LogP contribution is 2.41. The molecule has 0 amide bonds. The Morgan fingerprint density at radius 1 is 1.07 bits per heavy atom. The van der Waals surface area contributed by atoms with Gasteiger partial charge in [-0.1, -0.05) is 47.5 Å². The van der Waals surface area contributed by atoms with E-state index >= 15 is 0 Å². The highest BCUT2D eigenvalue weighted by molar-refractivity contribution is 6.43. The van der Waals surface area contributed by atoms with Gasteiger partial charge in [-0.3, -0.25) is 4.79 Å². The molecule has 154 valence electrons. The lowest BCUT2D eigenvalue weighted by Gasteiger charge is -2.31. The van der Waals surface area contributed by atoms with E-state index in [9.17, 15) is 14.3 Å². The number of carboxylic acid groups (broad SMARTS) is 1. The van der Waals surface area contributed by atoms with E-state index in [0.717, 1.165) is 17.2 Å². The van der Waals surface area contributed by atoms with E-state index in [0.29, 0.717) is 35.5 Å². The van der Waals surface area contributed by atoms with Crippen LogP contribution < -0.4 is 10.5 Å². The summed E-state index contributed by atoms with van der Waals surface area (Å²) in [6.07, 6.45) is 1.20. The number of rotatable bonds is 4. The maximum Gasteiger partial charge on any atom is 0.324 e. The molecule has 1 unspecified atom stereocenters. The number of fused-ring (bicyclic) bond motifs is 1. The van der Waals surface area contributed by atoms with Crippen molar-refractivity contribution in [1.82, 2.24) is 0 Å². The number of para-hydroxylation sites is 1. The maximum atomic E-state index is 13.9. The van der Waals surface area contributed by atoms with Crippen LogP contribution in [0.25, 0.3) is 11.1 Å². The summed E-state index contributed by atoms with van der Waals surface area (Å²) in [5.41, 5.74) is 7.68. The molecule has 0 bridgehead atoms. The van der Waals surface area contributed by atoms with Crippen LogP contribution >= 0.6 is 23.2 Å². The largest absolute Gasteiger partial charge is 0.480 e. The van der Waals surface area contributed by atoms with Crippen molar-refractivity contribution in [2.45, 2.75) is 24.8 Å². The lowest BCUT2D eigenvalue weighted by Crippen LogP contribution is -2.52. The molecule has 0 spiro atoms. The van der Waals surface area contributed by atoms with Crippen molar-refractivity contribution in [2.75, 3.05) is 0 Å². The van der Waals surface area contributed by atoms with Crippen LogP contribution in [0.15, 0.2) is 54.6 Å². The number of hydrogen-bond donors (Lipinski definition) is 2. The zero-order valence-electron chi connectivity index (χ0n) is 15.8. The van der Waals surface area contributed by atoms with Gasteiger partial charge in [0.15, 0.2) is 0 Å². The summed E-state index contributed by atoms with van der Waals surface area (Å²) >= 11 is 12.3. The Balaban J connectivity index is 1.70. The van der Waals surface area contributed by atoms with Crippen LogP contribution in [0.3, 0.4) is 0 Å². The Kier molecular flexibility index (Phi) is 5.45. The van der Waals surface area contributed by atoms with Crippen molar-refractivity contribution >= 4 is 29.2 Å². The van der Waals surface area contributed by atoms with E-state index in [2.05, 4.69) is 0 Å². The van der Waals surface area contributed by atoms with Crippen LogP contribution in [0, 0.1) is 5.82 Å². The van der Waals surface area contributed by atoms with Crippen LogP contribution in [0.4, 0.5) is 4.39 Å². The van der Waals surface area contributed by atoms with Crippen LogP contribution in [-0.2, 0) is 17.6 Å². The highest BCUT2D eigenvalue weighted by atomic mass is 35.5. The third kappa shape index (κ3) is 3.88. The molecule has 1 atom stereocenters. The van der Waals surface area contributed by atoms with Gasteiger partial charge in [-0.15, -0.1) is 0 Å². The summed E-state index contributed by atoms with van der Waals surface area (Å²) in [7, 11) is 0. The summed E-state index contributed by atoms with van der Waals surface area (Å²) < 4.78 is 20.0. The number of aryl methyl sites for hydroxylation is 1. The summed E-state index contributed by atoms with van der Waals surface area (Å²) in [4.78, 5) is 11.5. The zero-order valence-corrected chi connectivity index (χ0v) is 17.3. The molecule has 7 heteroatoms. The van der Waals surface area contributed by atoms with E-state index in [1.807, 2.05) is 12.1 Å². The molecule has 3 N–H and O–H groups in total. The molecule has 0 aromatic heterocycles. The first-order valence-corrected chi connectivity index (χ1v) is 10.1. The van der Waals surface area contributed by atoms with Crippen molar-refractivity contribution < 1.29 is 19.0 Å². The molecule has 0 fully saturated rings. The van der Waals surface area contributed by atoms with Crippen molar-refractivity contribution in [3.8, 4) is 22.6 Å². The minimum Gasteiger partial charge on any atom is -0.480 e. The molecule has 1 aliphatic carbocycles. The Morgan fingerprint density at radius 2 is 1.83 bits per heavy atom. The predicted molar refractivity (Wildman–Crippen MR) is 115 cm³/mol. The maximum absolute atomic E-state index is 13.9. The summed E-state index contributed by atoms with van der Waals surface area (Å²) in [6.45, 7) is 0. The van der Waals surface area contributed by atoms with Crippen LogP contribution in [0.5, 0.6) is 11.5 Å². The molecule has 0 aliphatic heterocycles. The second-order valence-corrected chi connectivity index (χ2v) is 8.20. The Bertz CT molecular complexity index is 1150. The van der Waals surface area contributed by atoms with E-state index in [4.69, 9.17) is 33.7 Å². The number of carbonyl (C=O) groups is 1. The molecule has 4 nitrogen and oxygen atoms in total. The molecule has 4 rings (SSSR count). The van der Waals surface area contributed by atoms with Gasteiger partial charge in [-0.25, -0.2) is 4.39 Å². The predicted octanol–water partition coefficient (Wildman–Crippen LogP) is 5.86. The fraction of sp³-hybridized carbons (Fsp3) is 0.174. The zero-order chi connectivity index (χ0) is 21.5. The first kappa shape index (κ1) is 20.7. The number of carboxylic acids is 1. The molecule has 0 saturated carbocycles. The Morgan fingerprint density at radius 3 is 2.60 bits per heavy atom. The molecule has 3 aromatic carbocycles. The van der Waals surface area contributed by atoms with E-state index in [1.54, 1.807) is 30.3 Å². The van der Waals surface area contributed by atoms with E-state index < -0.39 is 17.3 Å². The third-order valence-electron chi connectivity index (χ3n) is 5.35. The Labute approximate surface area is 183 Å². The number of hydrogen-bond acceptors (Lipinski definition) is 3. The summed E-state index contributed by atoms with van der Waals surface area (Å²) in [5, 5.41) is 9.80. The number of aliphatic carboxylic acids is 1. The quantitative estimate of drug-likeness (QED) is 0.493. The lowest BCUT2D eigenvalue weighted by molar-refractivity contribution is -0.143. The van der Waals surface area contributed by atoms with Crippen molar-refractivity contribution in [3.05, 3.63) is 81.6 Å². The topological polar surface area (TPSA) is 72.6 Å². The van der Waals surface area contributed by atoms with Crippen LogP contribution in [-0.4, -0.2) is 16.6 Å². The lowest BCUT2D eigenvalue weighted by atomic mass is 9.78. The van der Waals surface area contributed by atoms with Crippen molar-refractivity contribution in [3.63, 3.8) is 0 Å². The van der Waals surface area contributed by atoms with Gasteiger partial charge in [0, 0.05) is 17.5 Å². The Hall–Kier alpha value is -2.60. The van der Waals surface area contributed by atoms with Crippen LogP contribution in [0.1, 0.15) is 17.5 Å². The van der Waals surface area contributed by atoms with Crippen molar-refractivity contribution in [2.24, 2.45) is 5.73 Å². The molecule has 0 saturated heterocycles. The fourth-order valence-electron chi connectivity index (χ4n) is 3.70. The van der Waals surface area contributed by atoms with Gasteiger partial charge < -0.3 is 15.6 Å². The average molecular weight is 446 g/mol. The number of benzene rings is 3. The standard InChI is InChI=1S/C23H18Cl2FNO3/c24-19-11-15(26)10-18(21(19)25)17-3-1-2-4-20(17)30-16-6-5-13-7-8-23(27,22(28)29)12-14(13)9-16/h1-6,9-11H,7-8,12,27H2,(H,28,29). The summed E-state index contributed by atoms with van der Waals surface area (Å²) in [5.74, 6) is -0.526. The monoisotopic (exact) mass is 445 g/mol. The smallest absolute Gasteiger partial charge is 0.324 e. The van der Waals surface area contributed by atoms with E-state index in [-0.39, 0.29) is 16.5 Å². The van der Waals surface area contributed by atoms with Crippen LogP contribution in [0.2, 0.25) is 10.0 Å². The molecule has 1 aliphatic rings. The van der Waals surface area contributed by atoms with Gasteiger partial charge in [0.25, 0.3) is 0 Å². The van der Waals surface area contributed by atoms with Gasteiger partial charge >= 0.3 is 5.97 Å². The normalized spacial score (nSPS) is 18.0. The molecule has 3 aromatic rings. The van der Waals surface area contributed by atoms with Gasteiger partial charge in [0.2, 0.25) is 0 Å². The number of ether oxygens (including phenoxy) is 1. The third-order valence-corrected chi connectivity index (χ3v) is 6.15. The molecular weight excluding hydrogens is 428 g/mol. The van der Waals surface area contributed by atoms with Gasteiger partial charge in [0.1, 0.15) is 22.9 Å². The van der Waals surface area contributed by atoms with Crippen molar-refractivity contribution in [1.29, 1.82) is 0 Å². The highest BCUT2D eigenvalue weighted by Gasteiger charge is 2.37. The molecule has 0 radical (unpaired) electrons.